The molecule has 0 aromatic carbocycles. The van der Waals surface area contributed by atoms with Gasteiger partial charge in [0, 0.05) is 0 Å². The Morgan fingerprint density at radius 3 is 2.11 bits per heavy atom. The van der Waals surface area contributed by atoms with E-state index in [1.165, 1.54) is 0 Å². The fraction of sp³-hybridized carbons (Fsp3) is 0.556. The highest BCUT2D eigenvalue weighted by Gasteiger charge is 2.30. The summed E-state index contributed by atoms with van der Waals surface area (Å²) in [4.78, 5) is 45.4. The van der Waals surface area contributed by atoms with Gasteiger partial charge in [-0.2, -0.15) is 0 Å². The number of amides is 2. The van der Waals surface area contributed by atoms with Gasteiger partial charge in [-0.05, 0) is 0 Å². The second-order valence-electron chi connectivity index (χ2n) is 3.59. The first-order chi connectivity index (χ1) is 8.40. The van der Waals surface area contributed by atoms with Crippen LogP contribution in [0.15, 0.2) is 0 Å². The van der Waals surface area contributed by atoms with E-state index in [0.29, 0.717) is 0 Å². The van der Waals surface area contributed by atoms with Crippen molar-refractivity contribution in [3.63, 3.8) is 0 Å². The third-order valence-corrected chi connectivity index (χ3v) is 2.14. The van der Waals surface area contributed by atoms with Gasteiger partial charge >= 0.3 is 18.0 Å². The lowest BCUT2D eigenvalue weighted by molar-refractivity contribution is -0.142. The topological polar surface area (TPSA) is 124 Å². The third kappa shape index (κ3) is 4.01. The average Bonchev–Trinajstić information content (AvgIpc) is 2.61. The molecular weight excluding hydrogens is 248 g/mol. The van der Waals surface area contributed by atoms with Crippen molar-refractivity contribution in [1.82, 2.24) is 9.80 Å². The van der Waals surface area contributed by atoms with Gasteiger partial charge in [-0.25, -0.2) is 9.69 Å². The molecule has 0 aromatic rings. The molecule has 1 aliphatic rings. The zero-order valence-electron chi connectivity index (χ0n) is 9.37. The molecule has 0 spiro atoms. The lowest BCUT2D eigenvalue weighted by Crippen LogP contribution is -2.44. The molecule has 1 fully saturated rings. The normalized spacial score (nSPS) is 14.7. The highest BCUT2D eigenvalue weighted by Crippen LogP contribution is 2.04. The predicted octanol–water partition coefficient (Wildman–Crippen LogP) is -1.56. The van der Waals surface area contributed by atoms with Crippen molar-refractivity contribution >= 4 is 23.9 Å². The van der Waals surface area contributed by atoms with E-state index < -0.39 is 43.6 Å². The summed E-state index contributed by atoms with van der Waals surface area (Å²) < 4.78 is 4.55. The highest BCUT2D eigenvalue weighted by molar-refractivity contribution is 5.94. The Kier molecular flexibility index (Phi) is 4.60. The van der Waals surface area contributed by atoms with Crippen molar-refractivity contribution in [2.75, 3.05) is 32.8 Å². The summed E-state index contributed by atoms with van der Waals surface area (Å²) in [5, 5.41) is 17.2. The van der Waals surface area contributed by atoms with Gasteiger partial charge in [0.15, 0.2) is 0 Å². The number of aliphatic carboxylic acids is 2. The summed E-state index contributed by atoms with van der Waals surface area (Å²) in [5.74, 6) is -3.19. The van der Waals surface area contributed by atoms with Crippen molar-refractivity contribution < 1.29 is 34.1 Å². The van der Waals surface area contributed by atoms with Gasteiger partial charge in [0.05, 0.1) is 26.2 Å². The number of ether oxygens (including phenoxy) is 1. The van der Waals surface area contributed by atoms with E-state index in [-0.39, 0.29) is 13.2 Å². The number of imide groups is 1. The summed E-state index contributed by atoms with van der Waals surface area (Å²) >= 11 is 0. The Morgan fingerprint density at radius 1 is 1.17 bits per heavy atom. The van der Waals surface area contributed by atoms with Crippen LogP contribution in [0.25, 0.3) is 0 Å². The molecule has 18 heavy (non-hydrogen) atoms. The monoisotopic (exact) mass is 260 g/mol. The SMILES string of the molecule is O=C(O)CN(CC(=O)O)CC(=O)N1CCOC1=O. The Morgan fingerprint density at radius 2 is 1.72 bits per heavy atom. The molecule has 2 amide bonds. The molecule has 0 atom stereocenters. The van der Waals surface area contributed by atoms with E-state index in [2.05, 4.69) is 4.74 Å². The molecule has 0 saturated carbocycles. The van der Waals surface area contributed by atoms with Crippen LogP contribution in [0.4, 0.5) is 4.79 Å². The van der Waals surface area contributed by atoms with Gasteiger partial charge in [-0.15, -0.1) is 0 Å². The zero-order chi connectivity index (χ0) is 13.7. The standard InChI is InChI=1S/C9H12N2O7/c12-6(11-1-2-18-9(11)17)3-10(4-7(13)14)5-8(15)16/h1-5H2,(H,13,14)(H,15,16). The summed E-state index contributed by atoms with van der Waals surface area (Å²) in [5.41, 5.74) is 0. The fourth-order valence-electron chi connectivity index (χ4n) is 1.45. The Hall–Kier alpha value is -2.16. The second-order valence-corrected chi connectivity index (χ2v) is 3.59. The zero-order valence-corrected chi connectivity index (χ0v) is 9.37. The van der Waals surface area contributed by atoms with Crippen LogP contribution in [-0.2, 0) is 19.1 Å². The summed E-state index contributed by atoms with van der Waals surface area (Å²) in [7, 11) is 0. The van der Waals surface area contributed by atoms with Crippen LogP contribution in [0.5, 0.6) is 0 Å². The maximum absolute atomic E-state index is 11.6. The van der Waals surface area contributed by atoms with Crippen molar-refractivity contribution in [2.24, 2.45) is 0 Å². The largest absolute Gasteiger partial charge is 0.480 e. The quantitative estimate of drug-likeness (QED) is 0.587. The smallest absolute Gasteiger partial charge is 0.416 e. The Labute approximate surface area is 102 Å². The number of carboxylic acids is 2. The van der Waals surface area contributed by atoms with Crippen molar-refractivity contribution in [2.45, 2.75) is 0 Å². The maximum atomic E-state index is 11.6. The van der Waals surface area contributed by atoms with Crippen LogP contribution < -0.4 is 0 Å². The van der Waals surface area contributed by atoms with E-state index in [4.69, 9.17) is 10.2 Å². The first-order valence-corrected chi connectivity index (χ1v) is 5.03. The molecule has 9 heteroatoms. The minimum absolute atomic E-state index is 0.0857. The molecule has 0 radical (unpaired) electrons. The molecule has 1 heterocycles. The summed E-state index contributed by atoms with van der Waals surface area (Å²) in [6.45, 7) is -1.48. The number of hydrogen-bond acceptors (Lipinski definition) is 6. The minimum Gasteiger partial charge on any atom is -0.480 e. The van der Waals surface area contributed by atoms with Gasteiger partial charge in [0.2, 0.25) is 5.91 Å². The van der Waals surface area contributed by atoms with Crippen LogP contribution in [0.3, 0.4) is 0 Å². The number of carbonyl (C=O) groups is 4. The van der Waals surface area contributed by atoms with E-state index >= 15 is 0 Å². The van der Waals surface area contributed by atoms with Gasteiger partial charge in [0.1, 0.15) is 6.61 Å². The molecule has 2 N–H and O–H groups in total. The molecule has 9 nitrogen and oxygen atoms in total. The van der Waals surface area contributed by atoms with Crippen molar-refractivity contribution in [3.05, 3.63) is 0 Å². The highest BCUT2D eigenvalue weighted by atomic mass is 16.6. The fourth-order valence-corrected chi connectivity index (χ4v) is 1.45. The van der Waals surface area contributed by atoms with E-state index in [0.717, 1.165) is 9.80 Å². The Bertz CT molecular complexity index is 365. The number of rotatable bonds is 6. The summed E-state index contributed by atoms with van der Waals surface area (Å²) in [6, 6.07) is 0. The first kappa shape index (κ1) is 13.9. The number of hydrogen-bond donors (Lipinski definition) is 2. The number of carbonyl (C=O) groups excluding carboxylic acids is 2. The third-order valence-electron chi connectivity index (χ3n) is 2.14. The number of carboxylic acid groups (broad SMARTS) is 2. The Balaban J connectivity index is 2.58. The van der Waals surface area contributed by atoms with Crippen molar-refractivity contribution in [1.29, 1.82) is 0 Å². The first-order valence-electron chi connectivity index (χ1n) is 5.03. The molecule has 0 aliphatic carbocycles. The van der Waals surface area contributed by atoms with Crippen LogP contribution in [-0.4, -0.2) is 76.7 Å². The van der Waals surface area contributed by atoms with Gasteiger partial charge in [-0.1, -0.05) is 0 Å². The van der Waals surface area contributed by atoms with E-state index in [1.807, 2.05) is 0 Å². The lowest BCUT2D eigenvalue weighted by atomic mass is 10.4. The van der Waals surface area contributed by atoms with Crippen LogP contribution in [0.2, 0.25) is 0 Å². The lowest BCUT2D eigenvalue weighted by Gasteiger charge is -2.19. The molecule has 0 aromatic heterocycles. The molecule has 1 rings (SSSR count). The van der Waals surface area contributed by atoms with Crippen LogP contribution in [0.1, 0.15) is 0 Å². The van der Waals surface area contributed by atoms with Gasteiger partial charge < -0.3 is 14.9 Å². The predicted molar refractivity (Wildman–Crippen MR) is 54.8 cm³/mol. The molecule has 1 saturated heterocycles. The van der Waals surface area contributed by atoms with E-state index in [9.17, 15) is 19.2 Å². The van der Waals surface area contributed by atoms with Crippen molar-refractivity contribution in [3.8, 4) is 0 Å². The van der Waals surface area contributed by atoms with Crippen LogP contribution >= 0.6 is 0 Å². The molecule has 1 aliphatic heterocycles. The molecule has 100 valence electrons. The molecule has 0 unspecified atom stereocenters. The number of cyclic esters (lactones) is 1. The molecule has 0 bridgehead atoms. The maximum Gasteiger partial charge on any atom is 0.416 e. The second kappa shape index (κ2) is 5.96. The average molecular weight is 260 g/mol. The van der Waals surface area contributed by atoms with Gasteiger partial charge in [0.25, 0.3) is 0 Å². The van der Waals surface area contributed by atoms with Crippen LogP contribution in [0, 0.1) is 0 Å². The van der Waals surface area contributed by atoms with Gasteiger partial charge in [-0.3, -0.25) is 19.3 Å². The number of nitrogens with zero attached hydrogens (tertiary/aromatic N) is 2. The summed E-state index contributed by atoms with van der Waals surface area (Å²) in [6.07, 6.45) is -0.800. The molecular formula is C9H12N2O7. The van der Waals surface area contributed by atoms with E-state index in [1.54, 1.807) is 0 Å². The minimum atomic E-state index is -1.26.